The van der Waals surface area contributed by atoms with E-state index in [9.17, 15) is 27.5 Å². The lowest BCUT2D eigenvalue weighted by molar-refractivity contribution is -0.137. The molecule has 1 aromatic heterocycles. The van der Waals surface area contributed by atoms with E-state index in [1.807, 2.05) is 0 Å². The molecule has 0 aliphatic rings. The molecule has 0 saturated carbocycles. The van der Waals surface area contributed by atoms with Crippen molar-refractivity contribution in [3.63, 3.8) is 0 Å². The van der Waals surface area contributed by atoms with Crippen LogP contribution in [0.5, 0.6) is 0 Å². The molecule has 2 N–H and O–H groups in total. The maximum atomic E-state index is 13.6. The highest BCUT2D eigenvalue weighted by molar-refractivity contribution is 6.07. The van der Waals surface area contributed by atoms with Crippen LogP contribution in [0, 0.1) is 5.82 Å². The van der Waals surface area contributed by atoms with Gasteiger partial charge in [0.05, 0.1) is 16.8 Å². The number of aromatic nitrogens is 1. The fourth-order valence-corrected chi connectivity index (χ4v) is 2.71. The molecule has 0 amide bonds. The summed E-state index contributed by atoms with van der Waals surface area (Å²) in [5, 5.41) is 12.4. The predicted octanol–water partition coefficient (Wildman–Crippen LogP) is 4.78. The molecule has 0 atom stereocenters. The number of hydrogen-bond donors (Lipinski definition) is 2. The molecule has 0 aliphatic heterocycles. The number of halogens is 4. The Bertz CT molecular complexity index is 977. The number of anilines is 2. The fourth-order valence-electron chi connectivity index (χ4n) is 2.71. The number of benzene rings is 2. The maximum absolute atomic E-state index is 13.6. The van der Waals surface area contributed by atoms with E-state index in [1.54, 1.807) is 0 Å². The summed E-state index contributed by atoms with van der Waals surface area (Å²) in [7, 11) is 1.49. The van der Waals surface area contributed by atoms with Gasteiger partial charge in [-0.25, -0.2) is 9.18 Å². The summed E-state index contributed by atoms with van der Waals surface area (Å²) in [5.74, 6) is -1.87. The molecule has 0 spiro atoms. The molecule has 0 saturated heterocycles. The van der Waals surface area contributed by atoms with E-state index in [4.69, 9.17) is 0 Å². The number of aromatic carboxylic acids is 1. The molecule has 0 radical (unpaired) electrons. The second-order valence-electron chi connectivity index (χ2n) is 5.45. The SMILES string of the molecule is Cn1c(C(=O)O)c(Nc2cccc(C(F)(F)F)c2)c2cc(F)ccc21. The summed E-state index contributed by atoms with van der Waals surface area (Å²) in [5.41, 5.74) is -0.537. The smallest absolute Gasteiger partial charge is 0.416 e. The topological polar surface area (TPSA) is 54.3 Å². The van der Waals surface area contributed by atoms with Gasteiger partial charge in [-0.3, -0.25) is 0 Å². The van der Waals surface area contributed by atoms with Crippen molar-refractivity contribution in [1.29, 1.82) is 0 Å². The van der Waals surface area contributed by atoms with Gasteiger partial charge >= 0.3 is 12.1 Å². The van der Waals surface area contributed by atoms with Crippen LogP contribution in [0.2, 0.25) is 0 Å². The van der Waals surface area contributed by atoms with Crippen molar-refractivity contribution in [3.05, 3.63) is 59.5 Å². The van der Waals surface area contributed by atoms with Gasteiger partial charge in [-0.1, -0.05) is 6.07 Å². The van der Waals surface area contributed by atoms with Crippen molar-refractivity contribution in [2.75, 3.05) is 5.32 Å². The van der Waals surface area contributed by atoms with Gasteiger partial charge in [0.1, 0.15) is 5.82 Å². The molecule has 3 rings (SSSR count). The van der Waals surface area contributed by atoms with Gasteiger partial charge in [-0.05, 0) is 36.4 Å². The monoisotopic (exact) mass is 352 g/mol. The number of aryl methyl sites for hydroxylation is 1. The number of carbonyl (C=O) groups is 1. The molecular weight excluding hydrogens is 340 g/mol. The van der Waals surface area contributed by atoms with Crippen molar-refractivity contribution in [1.82, 2.24) is 4.57 Å². The number of alkyl halides is 3. The minimum absolute atomic E-state index is 0.0313. The number of carboxylic acids is 1. The lowest BCUT2D eigenvalue weighted by Crippen LogP contribution is -2.08. The Kier molecular flexibility index (Phi) is 3.90. The maximum Gasteiger partial charge on any atom is 0.416 e. The molecule has 130 valence electrons. The minimum Gasteiger partial charge on any atom is -0.477 e. The minimum atomic E-state index is -4.53. The number of rotatable bonds is 3. The molecule has 0 aliphatic carbocycles. The Labute approximate surface area is 139 Å². The van der Waals surface area contributed by atoms with E-state index in [-0.39, 0.29) is 22.5 Å². The number of nitrogens with one attached hydrogen (secondary N) is 1. The van der Waals surface area contributed by atoms with Crippen LogP contribution in [-0.2, 0) is 13.2 Å². The van der Waals surface area contributed by atoms with Crippen LogP contribution in [-0.4, -0.2) is 15.6 Å². The molecule has 8 heteroatoms. The summed E-state index contributed by atoms with van der Waals surface area (Å²) < 4.78 is 53.5. The van der Waals surface area contributed by atoms with Gasteiger partial charge in [0.2, 0.25) is 0 Å². The molecule has 25 heavy (non-hydrogen) atoms. The van der Waals surface area contributed by atoms with Crippen molar-refractivity contribution in [3.8, 4) is 0 Å². The first-order valence-electron chi connectivity index (χ1n) is 7.14. The van der Waals surface area contributed by atoms with E-state index >= 15 is 0 Å². The van der Waals surface area contributed by atoms with Crippen LogP contribution >= 0.6 is 0 Å². The van der Waals surface area contributed by atoms with Crippen LogP contribution in [0.15, 0.2) is 42.5 Å². The Hall–Kier alpha value is -3.03. The molecule has 4 nitrogen and oxygen atoms in total. The third-order valence-corrected chi connectivity index (χ3v) is 3.82. The van der Waals surface area contributed by atoms with E-state index in [0.29, 0.717) is 5.52 Å². The first-order valence-corrected chi connectivity index (χ1v) is 7.14. The van der Waals surface area contributed by atoms with Crippen LogP contribution in [0.1, 0.15) is 16.1 Å². The molecule has 2 aromatic carbocycles. The van der Waals surface area contributed by atoms with Gasteiger partial charge in [0, 0.05) is 18.1 Å². The van der Waals surface area contributed by atoms with Crippen LogP contribution in [0.4, 0.5) is 28.9 Å². The average Bonchev–Trinajstić information content (AvgIpc) is 2.79. The number of fused-ring (bicyclic) bond motifs is 1. The Morgan fingerprint density at radius 2 is 1.88 bits per heavy atom. The molecule has 0 unspecified atom stereocenters. The number of carboxylic acid groups (broad SMARTS) is 1. The van der Waals surface area contributed by atoms with Crippen LogP contribution in [0.3, 0.4) is 0 Å². The first kappa shape index (κ1) is 16.8. The second kappa shape index (κ2) is 5.80. The molecule has 0 bridgehead atoms. The van der Waals surface area contributed by atoms with Crippen molar-refractivity contribution < 1.29 is 27.5 Å². The Morgan fingerprint density at radius 1 is 1.16 bits per heavy atom. The quantitative estimate of drug-likeness (QED) is 0.667. The summed E-state index contributed by atoms with van der Waals surface area (Å²) >= 11 is 0. The standard InChI is InChI=1S/C17H12F4N2O2/c1-23-13-6-5-10(18)8-12(13)14(15(23)16(24)25)22-11-4-2-3-9(7-11)17(19,20)21/h2-8,22H,1H3,(H,24,25). The summed E-state index contributed by atoms with van der Waals surface area (Å²) in [4.78, 5) is 11.6. The fraction of sp³-hybridized carbons (Fsp3) is 0.118. The van der Waals surface area contributed by atoms with Gasteiger partial charge in [-0.15, -0.1) is 0 Å². The van der Waals surface area contributed by atoms with Crippen molar-refractivity contribution in [2.24, 2.45) is 7.05 Å². The second-order valence-corrected chi connectivity index (χ2v) is 5.45. The zero-order chi connectivity index (χ0) is 18.4. The van der Waals surface area contributed by atoms with Gasteiger partial charge in [0.25, 0.3) is 0 Å². The van der Waals surface area contributed by atoms with E-state index < -0.39 is 23.5 Å². The summed E-state index contributed by atoms with van der Waals surface area (Å²) in [6.07, 6.45) is -4.53. The third kappa shape index (κ3) is 3.02. The highest BCUT2D eigenvalue weighted by Crippen LogP contribution is 2.35. The van der Waals surface area contributed by atoms with E-state index in [2.05, 4.69) is 5.32 Å². The predicted molar refractivity (Wildman–Crippen MR) is 84.6 cm³/mol. The van der Waals surface area contributed by atoms with Gasteiger partial charge in [0.15, 0.2) is 5.69 Å². The first-order chi connectivity index (χ1) is 11.7. The average molecular weight is 352 g/mol. The Balaban J connectivity index is 2.17. The molecular formula is C17H12F4N2O2. The van der Waals surface area contributed by atoms with Gasteiger partial charge < -0.3 is 15.0 Å². The zero-order valence-electron chi connectivity index (χ0n) is 12.9. The van der Waals surface area contributed by atoms with Crippen LogP contribution < -0.4 is 5.32 Å². The largest absolute Gasteiger partial charge is 0.477 e. The summed E-state index contributed by atoms with van der Waals surface area (Å²) in [6, 6.07) is 8.08. The molecule has 0 fully saturated rings. The van der Waals surface area contributed by atoms with E-state index in [0.717, 1.165) is 18.2 Å². The molecule has 1 heterocycles. The van der Waals surface area contributed by atoms with Gasteiger partial charge in [-0.2, -0.15) is 13.2 Å². The molecule has 3 aromatic rings. The Morgan fingerprint density at radius 3 is 2.52 bits per heavy atom. The third-order valence-electron chi connectivity index (χ3n) is 3.82. The lowest BCUT2D eigenvalue weighted by atomic mass is 10.1. The summed E-state index contributed by atoms with van der Waals surface area (Å²) in [6.45, 7) is 0. The normalized spacial score (nSPS) is 11.7. The van der Waals surface area contributed by atoms with Crippen molar-refractivity contribution in [2.45, 2.75) is 6.18 Å². The number of nitrogens with zero attached hydrogens (tertiary/aromatic N) is 1. The number of hydrogen-bond acceptors (Lipinski definition) is 2. The van der Waals surface area contributed by atoms with E-state index in [1.165, 1.54) is 35.9 Å². The van der Waals surface area contributed by atoms with Crippen molar-refractivity contribution >= 4 is 28.2 Å². The zero-order valence-corrected chi connectivity index (χ0v) is 12.9. The van der Waals surface area contributed by atoms with Crippen LogP contribution in [0.25, 0.3) is 10.9 Å². The highest BCUT2D eigenvalue weighted by Gasteiger charge is 2.30. The lowest BCUT2D eigenvalue weighted by Gasteiger charge is -2.11. The highest BCUT2D eigenvalue weighted by atomic mass is 19.4.